The lowest BCUT2D eigenvalue weighted by atomic mass is 9.89. The highest BCUT2D eigenvalue weighted by molar-refractivity contribution is 7.90. The number of benzene rings is 1. The van der Waals surface area contributed by atoms with Crippen LogP contribution in [0.2, 0.25) is 5.02 Å². The second-order valence-corrected chi connectivity index (χ2v) is 10.6. The Hall–Kier alpha value is -1.26. The van der Waals surface area contributed by atoms with Crippen LogP contribution in [0.5, 0.6) is 0 Å². The van der Waals surface area contributed by atoms with Crippen molar-refractivity contribution in [2.24, 2.45) is 0 Å². The van der Waals surface area contributed by atoms with Gasteiger partial charge < -0.3 is 10.4 Å². The zero-order valence-corrected chi connectivity index (χ0v) is 18.5. The summed E-state index contributed by atoms with van der Waals surface area (Å²) in [5.74, 6) is -1.19. The topological polar surface area (TPSA) is 82.5 Å². The fourth-order valence-electron chi connectivity index (χ4n) is 3.77. The molecule has 6 nitrogen and oxygen atoms in total. The average Bonchev–Trinajstić information content (AvgIpc) is 3.17. The van der Waals surface area contributed by atoms with Gasteiger partial charge in [0.05, 0.1) is 17.3 Å². The zero-order valence-electron chi connectivity index (χ0n) is 16.1. The summed E-state index contributed by atoms with van der Waals surface area (Å²) < 4.78 is 40.0. The number of aliphatic hydroxyl groups excluding tert-OH is 1. The van der Waals surface area contributed by atoms with E-state index in [0.29, 0.717) is 17.2 Å². The molecule has 0 aliphatic heterocycles. The first-order valence-corrected chi connectivity index (χ1v) is 12.4. The van der Waals surface area contributed by atoms with Crippen LogP contribution in [-0.4, -0.2) is 55.7 Å². The Balaban J connectivity index is 1.81. The van der Waals surface area contributed by atoms with Crippen LogP contribution in [0.4, 0.5) is 10.1 Å². The molecular weight excluding hydrogens is 437 g/mol. The third-order valence-corrected chi connectivity index (χ3v) is 8.15. The molecule has 29 heavy (non-hydrogen) atoms. The highest BCUT2D eigenvalue weighted by Crippen LogP contribution is 2.33. The number of sulfone groups is 1. The smallest absolute Gasteiger partial charge is 0.187 e. The summed E-state index contributed by atoms with van der Waals surface area (Å²) in [5, 5.41) is 14.8. The molecule has 0 radical (unpaired) electrons. The van der Waals surface area contributed by atoms with Crippen molar-refractivity contribution in [3.63, 3.8) is 0 Å². The first kappa shape index (κ1) is 22.4. The Morgan fingerprint density at radius 2 is 2.14 bits per heavy atom. The molecule has 1 aliphatic carbocycles. The maximum absolute atomic E-state index is 14.7. The predicted molar refractivity (Wildman–Crippen MR) is 114 cm³/mol. The molecule has 1 aliphatic rings. The van der Waals surface area contributed by atoms with Crippen molar-refractivity contribution in [3.05, 3.63) is 39.6 Å². The quantitative estimate of drug-likeness (QED) is 0.625. The molecule has 2 aromatic rings. The van der Waals surface area contributed by atoms with Gasteiger partial charge in [-0.15, -0.1) is 11.3 Å². The minimum atomic E-state index is -3.89. The number of aliphatic hydroxyl groups is 1. The van der Waals surface area contributed by atoms with E-state index in [1.54, 1.807) is 5.38 Å². The molecule has 2 N–H and O–H groups in total. The summed E-state index contributed by atoms with van der Waals surface area (Å²) in [7, 11) is -1.94. The van der Waals surface area contributed by atoms with E-state index in [1.807, 2.05) is 7.05 Å². The van der Waals surface area contributed by atoms with Crippen molar-refractivity contribution in [1.29, 1.82) is 0 Å². The normalized spacial score (nSPS) is 20.2. The molecule has 2 atom stereocenters. The van der Waals surface area contributed by atoms with Gasteiger partial charge in [-0.3, -0.25) is 4.90 Å². The number of aromatic nitrogens is 1. The van der Waals surface area contributed by atoms with Gasteiger partial charge in [0.1, 0.15) is 21.5 Å². The van der Waals surface area contributed by atoms with Crippen molar-refractivity contribution in [2.75, 3.05) is 25.5 Å². The number of hydrogen-bond donors (Lipinski definition) is 2. The monoisotopic (exact) mass is 461 g/mol. The van der Waals surface area contributed by atoms with Crippen LogP contribution in [0.15, 0.2) is 28.6 Å². The molecule has 0 amide bonds. The van der Waals surface area contributed by atoms with Crippen molar-refractivity contribution in [2.45, 2.75) is 48.4 Å². The van der Waals surface area contributed by atoms with Gasteiger partial charge in [-0.2, -0.15) is 0 Å². The molecule has 0 saturated heterocycles. The number of rotatable bonds is 8. The summed E-state index contributed by atoms with van der Waals surface area (Å²) in [6, 6.07) is 2.56. The maximum atomic E-state index is 14.7. The van der Waals surface area contributed by atoms with Crippen molar-refractivity contribution in [3.8, 4) is 0 Å². The van der Waals surface area contributed by atoms with Crippen LogP contribution < -0.4 is 5.32 Å². The number of nitrogens with one attached hydrogen (secondary N) is 1. The van der Waals surface area contributed by atoms with Crippen molar-refractivity contribution >= 4 is 38.5 Å². The van der Waals surface area contributed by atoms with Crippen LogP contribution in [0, 0.1) is 5.82 Å². The van der Waals surface area contributed by atoms with E-state index in [4.69, 9.17) is 11.6 Å². The van der Waals surface area contributed by atoms with Gasteiger partial charge in [-0.05, 0) is 32.0 Å². The number of halogens is 2. The SMILES string of the molecule is CN(CCO)[C@H]1CCCC[C@@H]1Nc1cc(F)c(S(=O)(=O)Cc2nccs2)cc1Cl. The lowest BCUT2D eigenvalue weighted by molar-refractivity contribution is 0.143. The molecular formula is C19H25ClFN3O3S2. The van der Waals surface area contributed by atoms with Gasteiger partial charge >= 0.3 is 0 Å². The van der Waals surface area contributed by atoms with Crippen LogP contribution in [0.1, 0.15) is 30.7 Å². The molecule has 1 saturated carbocycles. The van der Waals surface area contributed by atoms with Crippen LogP contribution in [0.25, 0.3) is 0 Å². The summed E-state index contributed by atoms with van der Waals surface area (Å²) in [6.45, 7) is 0.625. The van der Waals surface area contributed by atoms with Crippen molar-refractivity contribution in [1.82, 2.24) is 9.88 Å². The maximum Gasteiger partial charge on any atom is 0.187 e. The Morgan fingerprint density at radius 1 is 1.38 bits per heavy atom. The average molecular weight is 462 g/mol. The first-order valence-electron chi connectivity index (χ1n) is 9.49. The number of likely N-dealkylation sites (N-methyl/N-ethyl adjacent to an activating group) is 1. The molecule has 160 valence electrons. The predicted octanol–water partition coefficient (Wildman–Crippen LogP) is 3.56. The van der Waals surface area contributed by atoms with E-state index in [1.165, 1.54) is 23.6 Å². The highest BCUT2D eigenvalue weighted by atomic mass is 35.5. The minimum absolute atomic E-state index is 0.0370. The molecule has 0 spiro atoms. The Kier molecular flexibility index (Phi) is 7.50. The lowest BCUT2D eigenvalue weighted by Crippen LogP contribution is -2.48. The van der Waals surface area contributed by atoms with E-state index >= 15 is 0 Å². The van der Waals surface area contributed by atoms with E-state index in [0.717, 1.165) is 31.7 Å². The highest BCUT2D eigenvalue weighted by Gasteiger charge is 2.29. The lowest BCUT2D eigenvalue weighted by Gasteiger charge is -2.38. The van der Waals surface area contributed by atoms with Crippen LogP contribution >= 0.6 is 22.9 Å². The fourth-order valence-corrected chi connectivity index (χ4v) is 6.40. The molecule has 1 aromatic carbocycles. The minimum Gasteiger partial charge on any atom is -0.395 e. The van der Waals surface area contributed by atoms with Crippen LogP contribution in [0.3, 0.4) is 0 Å². The van der Waals surface area contributed by atoms with E-state index in [9.17, 15) is 17.9 Å². The number of nitrogens with zero attached hydrogens (tertiary/aromatic N) is 2. The second-order valence-electron chi connectivity index (χ2n) is 7.25. The summed E-state index contributed by atoms with van der Waals surface area (Å²) in [5.41, 5.74) is 0.381. The Bertz CT molecular complexity index is 925. The summed E-state index contributed by atoms with van der Waals surface area (Å²) in [6.07, 6.45) is 5.51. The Morgan fingerprint density at radius 3 is 2.83 bits per heavy atom. The molecule has 1 fully saturated rings. The zero-order chi connectivity index (χ0) is 21.0. The number of hydrogen-bond acceptors (Lipinski definition) is 7. The van der Waals surface area contributed by atoms with Gasteiger partial charge in [0, 0.05) is 30.2 Å². The third-order valence-electron chi connectivity index (χ3n) is 5.24. The number of thiazole rings is 1. The van der Waals surface area contributed by atoms with Gasteiger partial charge in [0.25, 0.3) is 0 Å². The van der Waals surface area contributed by atoms with Gasteiger partial charge in [-0.25, -0.2) is 17.8 Å². The molecule has 1 aromatic heterocycles. The Labute approximate surface area is 179 Å². The standard InChI is InChI=1S/C19H25ClFN3O3S2/c1-24(7-8-25)17-5-3-2-4-15(17)23-16-11-14(21)18(10-13(16)20)29(26,27)12-19-22-6-9-28-19/h6,9-11,15,17,23,25H,2-5,7-8,12H2,1H3/t15-,17-/m0/s1. The van der Waals surface area contributed by atoms with E-state index in [-0.39, 0.29) is 29.5 Å². The van der Waals surface area contributed by atoms with Gasteiger partial charge in [-0.1, -0.05) is 24.4 Å². The van der Waals surface area contributed by atoms with Gasteiger partial charge in [0.2, 0.25) is 0 Å². The molecule has 0 unspecified atom stereocenters. The fraction of sp³-hybridized carbons (Fsp3) is 0.526. The van der Waals surface area contributed by atoms with Gasteiger partial charge in [0.15, 0.2) is 9.84 Å². The molecule has 1 heterocycles. The first-order chi connectivity index (χ1) is 13.8. The summed E-state index contributed by atoms with van der Waals surface area (Å²) in [4.78, 5) is 5.64. The molecule has 10 heteroatoms. The van der Waals surface area contributed by atoms with Crippen molar-refractivity contribution < 1.29 is 17.9 Å². The van der Waals surface area contributed by atoms with E-state index < -0.39 is 20.5 Å². The second kappa shape index (κ2) is 9.70. The van der Waals surface area contributed by atoms with E-state index in [2.05, 4.69) is 15.2 Å². The van der Waals surface area contributed by atoms with Crippen LogP contribution in [-0.2, 0) is 15.6 Å². The largest absolute Gasteiger partial charge is 0.395 e. The molecule has 3 rings (SSSR count). The summed E-state index contributed by atoms with van der Waals surface area (Å²) >= 11 is 7.54. The number of anilines is 1. The third kappa shape index (κ3) is 5.46. The molecule has 0 bridgehead atoms.